The topological polar surface area (TPSA) is 108 Å². The number of imidazole rings is 1. The number of aromatic nitrogens is 6. The van der Waals surface area contributed by atoms with Crippen LogP contribution in [0.2, 0.25) is 0 Å². The van der Waals surface area contributed by atoms with Gasteiger partial charge < -0.3 is 14.0 Å². The third-order valence-corrected chi connectivity index (χ3v) is 5.02. The van der Waals surface area contributed by atoms with E-state index in [1.54, 1.807) is 44.7 Å². The minimum Gasteiger partial charge on any atom is -0.464 e. The van der Waals surface area contributed by atoms with E-state index in [1.165, 1.54) is 6.33 Å². The molecule has 0 aliphatic carbocycles. The molecule has 1 aliphatic heterocycles. The first kappa shape index (κ1) is 22.7. The molecule has 0 spiro atoms. The highest BCUT2D eigenvalue weighted by Crippen LogP contribution is 2.34. The van der Waals surface area contributed by atoms with Gasteiger partial charge in [-0.2, -0.15) is 4.98 Å². The fraction of sp³-hybridized carbons (Fsp3) is 0.524. The maximum atomic E-state index is 14.7. The van der Waals surface area contributed by atoms with E-state index < -0.39 is 30.3 Å². The van der Waals surface area contributed by atoms with Gasteiger partial charge in [0, 0.05) is 18.9 Å². The van der Waals surface area contributed by atoms with Gasteiger partial charge in [-0.3, -0.25) is 4.90 Å². The lowest BCUT2D eigenvalue weighted by Gasteiger charge is -2.23. The molecule has 1 aliphatic rings. The fourth-order valence-corrected chi connectivity index (χ4v) is 3.51. The number of alkyl halides is 2. The maximum Gasteiger partial charge on any atom is 0.410 e. The molecular weight excluding hydrogens is 436 g/mol. The van der Waals surface area contributed by atoms with Crippen molar-refractivity contribution in [1.29, 1.82) is 0 Å². The van der Waals surface area contributed by atoms with Crippen molar-refractivity contribution in [3.05, 3.63) is 24.5 Å². The second-order valence-corrected chi connectivity index (χ2v) is 8.78. The summed E-state index contributed by atoms with van der Waals surface area (Å²) in [6, 6.07) is 0. The van der Waals surface area contributed by atoms with Gasteiger partial charge in [-0.1, -0.05) is 0 Å². The molecule has 4 heterocycles. The molecule has 10 nitrogen and oxygen atoms in total. The average Bonchev–Trinajstić information content (AvgIpc) is 3.25. The number of likely N-dealkylation sites (tertiary alicyclic amines) is 1. The minimum atomic E-state index is -3.30. The van der Waals surface area contributed by atoms with E-state index in [9.17, 15) is 13.6 Å². The summed E-state index contributed by atoms with van der Waals surface area (Å²) in [6.07, 6.45) is 2.07. The van der Waals surface area contributed by atoms with Crippen LogP contribution in [-0.4, -0.2) is 71.2 Å². The zero-order valence-corrected chi connectivity index (χ0v) is 19.0. The molecule has 1 atom stereocenters. The Morgan fingerprint density at radius 3 is 2.55 bits per heavy atom. The molecule has 12 heteroatoms. The molecule has 0 saturated carbocycles. The van der Waals surface area contributed by atoms with Gasteiger partial charge in [0.2, 0.25) is 5.88 Å². The van der Waals surface area contributed by atoms with E-state index in [0.717, 1.165) is 4.90 Å². The summed E-state index contributed by atoms with van der Waals surface area (Å²) in [5, 5.41) is 0. The number of carbonyl (C=O) groups is 1. The van der Waals surface area contributed by atoms with Gasteiger partial charge in [0.25, 0.3) is 0 Å². The molecule has 1 amide bonds. The smallest absolute Gasteiger partial charge is 0.410 e. The van der Waals surface area contributed by atoms with E-state index in [-0.39, 0.29) is 17.9 Å². The van der Waals surface area contributed by atoms with E-state index in [1.807, 2.05) is 6.92 Å². The Morgan fingerprint density at radius 1 is 1.21 bits per heavy atom. The molecule has 1 unspecified atom stereocenters. The second-order valence-electron chi connectivity index (χ2n) is 8.78. The number of rotatable bonds is 4. The number of ether oxygens (including phenoxy) is 2. The highest BCUT2D eigenvalue weighted by Gasteiger charge is 2.52. The Kier molecular flexibility index (Phi) is 5.62. The van der Waals surface area contributed by atoms with E-state index in [4.69, 9.17) is 9.47 Å². The Balaban J connectivity index is 1.65. The largest absolute Gasteiger partial charge is 0.464 e. The standard InChI is InChI=1S/C21H25F2N7O3/c1-6-30-16(13-7-24-12(2)25-8-13)28-15-17(30)26-11-27-18(15)32-14-9-29(10-21(14,22)23)19(31)33-20(3,4)5/h7-8,11,14H,6,9-10H2,1-5H3. The van der Waals surface area contributed by atoms with E-state index in [2.05, 4.69) is 24.9 Å². The lowest BCUT2D eigenvalue weighted by molar-refractivity contribution is -0.0632. The number of carbonyl (C=O) groups excluding carboxylic acids is 1. The van der Waals surface area contributed by atoms with Crippen molar-refractivity contribution in [2.45, 2.75) is 58.8 Å². The number of nitrogens with zero attached hydrogens (tertiary/aromatic N) is 7. The molecule has 0 N–H and O–H groups in total. The Morgan fingerprint density at radius 2 is 1.91 bits per heavy atom. The Labute approximate surface area is 189 Å². The number of hydrogen-bond donors (Lipinski definition) is 0. The third kappa shape index (κ3) is 4.55. The summed E-state index contributed by atoms with van der Waals surface area (Å²) < 4.78 is 42.1. The van der Waals surface area contributed by atoms with Crippen molar-refractivity contribution in [1.82, 2.24) is 34.4 Å². The quantitative estimate of drug-likeness (QED) is 0.583. The zero-order valence-electron chi connectivity index (χ0n) is 19.0. The Hall–Kier alpha value is -3.44. The van der Waals surface area contributed by atoms with Gasteiger partial charge in [0.1, 0.15) is 23.6 Å². The van der Waals surface area contributed by atoms with Gasteiger partial charge >= 0.3 is 12.0 Å². The summed E-state index contributed by atoms with van der Waals surface area (Å²) in [5.74, 6) is -2.25. The molecule has 4 rings (SSSR count). The number of fused-ring (bicyclic) bond motifs is 1. The van der Waals surface area contributed by atoms with Crippen molar-refractivity contribution >= 4 is 17.3 Å². The van der Waals surface area contributed by atoms with Crippen LogP contribution < -0.4 is 4.74 Å². The first-order valence-corrected chi connectivity index (χ1v) is 10.5. The van der Waals surface area contributed by atoms with Crippen molar-refractivity contribution in [3.8, 4) is 17.3 Å². The van der Waals surface area contributed by atoms with Crippen LogP contribution in [0.3, 0.4) is 0 Å². The van der Waals surface area contributed by atoms with E-state index in [0.29, 0.717) is 29.4 Å². The second kappa shape index (κ2) is 8.16. The molecule has 1 fully saturated rings. The van der Waals surface area contributed by atoms with Crippen molar-refractivity contribution in [2.75, 3.05) is 13.1 Å². The lowest BCUT2D eigenvalue weighted by Crippen LogP contribution is -2.37. The summed E-state index contributed by atoms with van der Waals surface area (Å²) in [6.45, 7) is 8.06. The van der Waals surface area contributed by atoms with Crippen LogP contribution in [0.4, 0.5) is 13.6 Å². The summed E-state index contributed by atoms with van der Waals surface area (Å²) >= 11 is 0. The molecule has 0 aromatic carbocycles. The van der Waals surface area contributed by atoms with Crippen LogP contribution in [0.1, 0.15) is 33.5 Å². The zero-order chi connectivity index (χ0) is 24.0. The number of hydrogen-bond acceptors (Lipinski definition) is 8. The highest BCUT2D eigenvalue weighted by atomic mass is 19.3. The first-order valence-electron chi connectivity index (χ1n) is 10.5. The fourth-order valence-electron chi connectivity index (χ4n) is 3.51. The van der Waals surface area contributed by atoms with Crippen LogP contribution in [0.5, 0.6) is 5.88 Å². The van der Waals surface area contributed by atoms with Crippen LogP contribution in [0, 0.1) is 6.92 Å². The van der Waals surface area contributed by atoms with Crippen molar-refractivity contribution in [2.24, 2.45) is 0 Å². The Bertz CT molecular complexity index is 1180. The van der Waals surface area contributed by atoms with Crippen LogP contribution in [0.25, 0.3) is 22.6 Å². The predicted molar refractivity (Wildman–Crippen MR) is 114 cm³/mol. The molecule has 3 aromatic heterocycles. The van der Waals surface area contributed by atoms with Crippen molar-refractivity contribution in [3.63, 3.8) is 0 Å². The minimum absolute atomic E-state index is 0.0859. The molecule has 3 aromatic rings. The van der Waals surface area contributed by atoms with Crippen LogP contribution in [0.15, 0.2) is 18.7 Å². The molecule has 0 bridgehead atoms. The number of aryl methyl sites for hydroxylation is 2. The lowest BCUT2D eigenvalue weighted by atomic mass is 10.2. The first-order chi connectivity index (χ1) is 15.5. The molecule has 1 saturated heterocycles. The normalized spacial score (nSPS) is 18.0. The van der Waals surface area contributed by atoms with Gasteiger partial charge in [0.05, 0.1) is 18.7 Å². The van der Waals surface area contributed by atoms with Gasteiger partial charge in [-0.05, 0) is 34.6 Å². The predicted octanol–water partition coefficient (Wildman–Crippen LogP) is 3.25. The SMILES string of the molecule is CCn1c(-c2cnc(C)nc2)nc2c(OC3CN(C(=O)OC(C)(C)C)CC3(F)F)ncnc21. The number of amides is 1. The van der Waals surface area contributed by atoms with Gasteiger partial charge in [-0.15, -0.1) is 0 Å². The molecular formula is C21H25F2N7O3. The third-order valence-electron chi connectivity index (χ3n) is 5.02. The number of halogens is 2. The van der Waals surface area contributed by atoms with Crippen LogP contribution >= 0.6 is 0 Å². The monoisotopic (exact) mass is 461 g/mol. The van der Waals surface area contributed by atoms with E-state index >= 15 is 0 Å². The summed E-state index contributed by atoms with van der Waals surface area (Å²) in [4.78, 5) is 34.5. The summed E-state index contributed by atoms with van der Waals surface area (Å²) in [7, 11) is 0. The molecule has 176 valence electrons. The van der Waals surface area contributed by atoms with Crippen molar-refractivity contribution < 1.29 is 23.0 Å². The average molecular weight is 461 g/mol. The van der Waals surface area contributed by atoms with Crippen LogP contribution in [-0.2, 0) is 11.3 Å². The molecule has 0 radical (unpaired) electrons. The maximum absolute atomic E-state index is 14.7. The highest BCUT2D eigenvalue weighted by molar-refractivity contribution is 5.81. The molecule has 33 heavy (non-hydrogen) atoms. The summed E-state index contributed by atoms with van der Waals surface area (Å²) in [5.41, 5.74) is 0.520. The van der Waals surface area contributed by atoms with Gasteiger partial charge in [0.15, 0.2) is 17.3 Å². The van der Waals surface area contributed by atoms with Gasteiger partial charge in [-0.25, -0.2) is 33.5 Å².